The fourth-order valence-electron chi connectivity index (χ4n) is 5.01. The van der Waals surface area contributed by atoms with E-state index in [1.165, 1.54) is 69.5 Å². The lowest BCUT2D eigenvalue weighted by Crippen LogP contribution is -2.52. The second kappa shape index (κ2) is 18.0. The van der Waals surface area contributed by atoms with Crippen LogP contribution in [0.5, 0.6) is 5.75 Å². The molecule has 3 rings (SSSR count). The van der Waals surface area contributed by atoms with Crippen molar-refractivity contribution in [3.63, 3.8) is 0 Å². The van der Waals surface area contributed by atoms with Gasteiger partial charge in [-0.1, -0.05) is 72.9 Å². The zero-order valence-corrected chi connectivity index (χ0v) is 30.0. The molecule has 0 spiro atoms. The summed E-state index contributed by atoms with van der Waals surface area (Å²) in [5, 5.41) is 6.61. The highest BCUT2D eigenvalue weighted by Crippen LogP contribution is 2.31. The van der Waals surface area contributed by atoms with E-state index in [9.17, 15) is 45.9 Å². The van der Waals surface area contributed by atoms with Crippen LogP contribution in [-0.4, -0.2) is 61.1 Å². The Hall–Kier alpha value is -4.27. The summed E-state index contributed by atoms with van der Waals surface area (Å²) in [7, 11) is 1.37. The van der Waals surface area contributed by atoms with Gasteiger partial charge in [0.1, 0.15) is 24.4 Å². The molecular formula is C35H33Cl3F5N3O6. The van der Waals surface area contributed by atoms with Gasteiger partial charge in [0.2, 0.25) is 11.7 Å². The average molecular weight is 793 g/mol. The molecular weight excluding hydrogens is 760 g/mol. The molecule has 52 heavy (non-hydrogen) atoms. The van der Waals surface area contributed by atoms with Crippen molar-refractivity contribution in [1.82, 2.24) is 16.0 Å². The monoisotopic (exact) mass is 791 g/mol. The number of carbonyl (C=O) groups excluding carboxylic acids is 5. The van der Waals surface area contributed by atoms with Crippen LogP contribution in [0.4, 0.5) is 22.0 Å². The molecule has 0 fully saturated rings. The minimum absolute atomic E-state index is 0.0170. The van der Waals surface area contributed by atoms with Gasteiger partial charge in [0.15, 0.2) is 5.78 Å². The fraction of sp³-hybridized carbons (Fsp3) is 0.343. The van der Waals surface area contributed by atoms with E-state index in [4.69, 9.17) is 39.5 Å². The number of rotatable bonds is 16. The van der Waals surface area contributed by atoms with Crippen molar-refractivity contribution in [2.75, 3.05) is 13.7 Å². The van der Waals surface area contributed by atoms with Crippen LogP contribution >= 0.6 is 34.8 Å². The first-order valence-corrected chi connectivity index (χ1v) is 16.6. The second-order valence-electron chi connectivity index (χ2n) is 12.0. The van der Waals surface area contributed by atoms with Crippen molar-refractivity contribution >= 4 is 64.1 Å². The van der Waals surface area contributed by atoms with Gasteiger partial charge in [0, 0.05) is 28.8 Å². The normalized spacial score (nSPS) is 13.5. The number of nitrogens with one attached hydrogen (secondary N) is 3. The maximum atomic E-state index is 14.9. The Kier molecular flexibility index (Phi) is 14.6. The van der Waals surface area contributed by atoms with Crippen molar-refractivity contribution in [3.05, 3.63) is 98.5 Å². The Balaban J connectivity index is 1.99. The van der Waals surface area contributed by atoms with E-state index in [-0.39, 0.29) is 27.6 Å². The van der Waals surface area contributed by atoms with Gasteiger partial charge >= 0.3 is 12.1 Å². The van der Waals surface area contributed by atoms with Crippen LogP contribution in [0.1, 0.15) is 47.8 Å². The smallest absolute Gasteiger partial charge is 0.405 e. The first-order valence-electron chi connectivity index (χ1n) is 15.5. The zero-order chi connectivity index (χ0) is 39.0. The summed E-state index contributed by atoms with van der Waals surface area (Å²) in [6.45, 7) is 0.498. The maximum Gasteiger partial charge on any atom is 0.405 e. The number of ether oxygens (including phenoxy) is 1. The zero-order valence-electron chi connectivity index (χ0n) is 27.8. The average Bonchev–Trinajstić information content (AvgIpc) is 3.08. The summed E-state index contributed by atoms with van der Waals surface area (Å²) in [5.41, 5.74) is 0.544. The van der Waals surface area contributed by atoms with Crippen LogP contribution in [0.25, 0.3) is 0 Å². The predicted molar refractivity (Wildman–Crippen MR) is 184 cm³/mol. The van der Waals surface area contributed by atoms with E-state index < -0.39 is 78.3 Å². The highest BCUT2D eigenvalue weighted by atomic mass is 35.5. The topological polar surface area (TPSA) is 131 Å². The maximum absolute atomic E-state index is 14.9. The Morgan fingerprint density at radius 1 is 0.827 bits per heavy atom. The molecule has 9 nitrogen and oxygen atoms in total. The number of hydrogen-bond donors (Lipinski definition) is 3. The molecule has 280 valence electrons. The molecule has 0 radical (unpaired) electrons. The van der Waals surface area contributed by atoms with E-state index >= 15 is 0 Å². The lowest BCUT2D eigenvalue weighted by molar-refractivity contribution is -0.167. The van der Waals surface area contributed by atoms with Crippen molar-refractivity contribution in [3.8, 4) is 5.75 Å². The summed E-state index contributed by atoms with van der Waals surface area (Å²) in [6.07, 6.45) is -6.15. The molecule has 0 saturated heterocycles. The highest BCUT2D eigenvalue weighted by molar-refractivity contribution is 6.35. The SMILES string of the molecule is COc1ccc([C@H](NC(=O)[C@H](Cc2cccc(Cl)c2)NC(=O)c2cc(Cl)ccc2Cl)C(=O)C[C@H](C(=O)C(F)(F)C(=O)NCC(F)(F)F)C(C)C)cc1. The van der Waals surface area contributed by atoms with Gasteiger partial charge in [-0.15, -0.1) is 0 Å². The summed E-state index contributed by atoms with van der Waals surface area (Å²) in [5.74, 6) is -14.7. The predicted octanol–water partition coefficient (Wildman–Crippen LogP) is 6.97. The second-order valence-corrected chi connectivity index (χ2v) is 13.2. The molecule has 17 heteroatoms. The molecule has 3 N–H and O–H groups in total. The largest absolute Gasteiger partial charge is 0.497 e. The molecule has 0 aromatic heterocycles. The number of halogens is 8. The van der Waals surface area contributed by atoms with Crippen LogP contribution in [-0.2, 0) is 25.6 Å². The minimum atomic E-state index is -5.03. The van der Waals surface area contributed by atoms with Gasteiger partial charge in [-0.25, -0.2) is 0 Å². The van der Waals surface area contributed by atoms with Crippen molar-refractivity contribution in [1.29, 1.82) is 0 Å². The minimum Gasteiger partial charge on any atom is -0.497 e. The third-order valence-corrected chi connectivity index (χ3v) is 8.59. The van der Waals surface area contributed by atoms with Gasteiger partial charge in [-0.05, 0) is 59.5 Å². The summed E-state index contributed by atoms with van der Waals surface area (Å²) >= 11 is 18.4. The number of alkyl halides is 5. The molecule has 0 aliphatic heterocycles. The third kappa shape index (κ3) is 11.6. The number of ketones is 2. The van der Waals surface area contributed by atoms with Crippen LogP contribution < -0.4 is 20.7 Å². The lowest BCUT2D eigenvalue weighted by Gasteiger charge is -2.27. The molecule has 0 bridgehead atoms. The fourth-order valence-corrected chi connectivity index (χ4v) is 5.60. The standard InChI is InChI=1S/C35H33Cl3F5N3O6/c1-18(2)24(30(48)35(42,43)33(51)44-17-34(39,40)41)16-28(47)29(20-7-10-23(52-3)11-8-20)46-32(50)27(14-19-5-4-6-21(36)13-19)45-31(49)25-15-22(37)9-12-26(25)38/h4-13,15,18,24,27,29H,14,16-17H2,1-3H3,(H,44,51)(H,45,49)(H,46,50)/t24-,27-,29-/m0/s1. The van der Waals surface area contributed by atoms with E-state index in [0.717, 1.165) is 5.32 Å². The first-order chi connectivity index (χ1) is 24.2. The number of Topliss-reactive ketones (excluding diaryl/α,β-unsaturated/α-hetero) is 2. The Morgan fingerprint density at radius 2 is 1.46 bits per heavy atom. The van der Waals surface area contributed by atoms with Gasteiger partial charge in [-0.3, -0.25) is 24.0 Å². The molecule has 3 aromatic carbocycles. The van der Waals surface area contributed by atoms with Gasteiger partial charge in [0.25, 0.3) is 11.8 Å². The molecule has 0 heterocycles. The Morgan fingerprint density at radius 3 is 2.04 bits per heavy atom. The van der Waals surface area contributed by atoms with Crippen LogP contribution in [0, 0.1) is 11.8 Å². The number of amides is 3. The Labute approximate surface area is 310 Å². The van der Waals surface area contributed by atoms with Crippen LogP contribution in [0.2, 0.25) is 15.1 Å². The van der Waals surface area contributed by atoms with Crippen LogP contribution in [0.3, 0.4) is 0 Å². The number of methoxy groups -OCH3 is 1. The summed E-state index contributed by atoms with van der Waals surface area (Å²) in [4.78, 5) is 66.3. The summed E-state index contributed by atoms with van der Waals surface area (Å²) in [6, 6.07) is 13.1. The molecule has 0 aliphatic rings. The van der Waals surface area contributed by atoms with Crippen molar-refractivity contribution in [2.24, 2.45) is 11.8 Å². The number of benzene rings is 3. The number of hydrogen-bond acceptors (Lipinski definition) is 6. The third-order valence-electron chi connectivity index (χ3n) is 7.79. The lowest BCUT2D eigenvalue weighted by atomic mass is 9.82. The van der Waals surface area contributed by atoms with Crippen LogP contribution in [0.15, 0.2) is 66.7 Å². The van der Waals surface area contributed by atoms with Crippen molar-refractivity contribution in [2.45, 2.75) is 50.9 Å². The van der Waals surface area contributed by atoms with Gasteiger partial charge in [0.05, 0.1) is 17.7 Å². The number of carbonyl (C=O) groups is 5. The van der Waals surface area contributed by atoms with E-state index in [0.29, 0.717) is 16.3 Å². The van der Waals surface area contributed by atoms with Gasteiger partial charge in [-0.2, -0.15) is 22.0 Å². The molecule has 3 amide bonds. The molecule has 3 atom stereocenters. The first kappa shape index (κ1) is 42.1. The molecule has 0 aliphatic carbocycles. The molecule has 0 unspecified atom stereocenters. The Bertz CT molecular complexity index is 1790. The quantitative estimate of drug-likeness (QED) is 0.106. The van der Waals surface area contributed by atoms with E-state index in [1.54, 1.807) is 18.2 Å². The summed E-state index contributed by atoms with van der Waals surface area (Å²) < 4.78 is 72.8. The van der Waals surface area contributed by atoms with Crippen molar-refractivity contribution < 1.29 is 50.7 Å². The van der Waals surface area contributed by atoms with E-state index in [1.807, 2.05) is 0 Å². The molecule has 3 aromatic rings. The molecule has 0 saturated carbocycles. The van der Waals surface area contributed by atoms with Gasteiger partial charge < -0.3 is 20.7 Å². The van der Waals surface area contributed by atoms with E-state index in [2.05, 4.69) is 10.6 Å². The highest BCUT2D eigenvalue weighted by Gasteiger charge is 2.52.